The second-order valence-electron chi connectivity index (χ2n) is 4.69. The van der Waals surface area contributed by atoms with Crippen LogP contribution in [0.4, 0.5) is 5.82 Å². The van der Waals surface area contributed by atoms with E-state index in [1.54, 1.807) is 30.2 Å². The van der Waals surface area contributed by atoms with Crippen LogP contribution in [-0.4, -0.2) is 59.3 Å². The Morgan fingerprint density at radius 1 is 1.35 bits per heavy atom. The number of anilines is 1. The van der Waals surface area contributed by atoms with Crippen LogP contribution in [0.25, 0.3) is 0 Å². The van der Waals surface area contributed by atoms with E-state index in [0.717, 1.165) is 17.6 Å². The van der Waals surface area contributed by atoms with E-state index in [2.05, 4.69) is 26.2 Å². The summed E-state index contributed by atoms with van der Waals surface area (Å²) in [6.45, 7) is 4.69. The third-order valence-electron chi connectivity index (χ3n) is 3.17. The molecule has 1 aromatic heterocycles. The molecule has 1 aliphatic rings. The molecule has 1 aliphatic heterocycles. The maximum atomic E-state index is 11.9. The van der Waals surface area contributed by atoms with Crippen LogP contribution in [0.1, 0.15) is 6.92 Å². The number of nitrogens with zero attached hydrogens (tertiary/aromatic N) is 3. The molecule has 7 heteroatoms. The average molecular weight is 341 g/mol. The van der Waals surface area contributed by atoms with E-state index in [0.29, 0.717) is 25.5 Å². The third kappa shape index (κ3) is 4.28. The van der Waals surface area contributed by atoms with Gasteiger partial charge in [0.1, 0.15) is 5.82 Å². The quantitative estimate of drug-likeness (QED) is 0.889. The fourth-order valence-corrected chi connectivity index (χ4v) is 2.41. The summed E-state index contributed by atoms with van der Waals surface area (Å²) in [6, 6.07) is 3.56. The molecule has 0 aromatic carbocycles. The van der Waals surface area contributed by atoms with Crippen molar-refractivity contribution in [1.29, 1.82) is 0 Å². The Bertz CT molecular complexity index is 501. The highest BCUT2D eigenvalue weighted by Gasteiger charge is 2.20. The Morgan fingerprint density at radius 3 is 2.65 bits per heavy atom. The Morgan fingerprint density at radius 2 is 2.05 bits per heavy atom. The summed E-state index contributed by atoms with van der Waals surface area (Å²) < 4.78 is 0.873. The number of pyridine rings is 1. The van der Waals surface area contributed by atoms with Crippen LogP contribution in [0.2, 0.25) is 0 Å². The molecule has 1 saturated heterocycles. The van der Waals surface area contributed by atoms with Crippen LogP contribution in [-0.2, 0) is 9.59 Å². The summed E-state index contributed by atoms with van der Waals surface area (Å²) in [5.74, 6) is 0.533. The second kappa shape index (κ2) is 6.81. The van der Waals surface area contributed by atoms with Gasteiger partial charge in [-0.25, -0.2) is 4.98 Å². The summed E-state index contributed by atoms with van der Waals surface area (Å²) in [5, 5.41) is 2.76. The first-order chi connectivity index (χ1) is 9.54. The third-order valence-corrected chi connectivity index (χ3v) is 3.67. The maximum Gasteiger partial charge on any atom is 0.239 e. The highest BCUT2D eigenvalue weighted by Crippen LogP contribution is 2.12. The number of amides is 2. The lowest BCUT2D eigenvalue weighted by atomic mass is 10.3. The molecular formula is C13H17BrN4O2. The lowest BCUT2D eigenvalue weighted by molar-refractivity contribution is -0.130. The number of piperazine rings is 1. The molecule has 0 radical (unpaired) electrons. The van der Waals surface area contributed by atoms with Gasteiger partial charge < -0.3 is 10.2 Å². The molecule has 1 N–H and O–H groups in total. The Labute approximate surface area is 126 Å². The van der Waals surface area contributed by atoms with E-state index in [9.17, 15) is 9.59 Å². The predicted molar refractivity (Wildman–Crippen MR) is 79.3 cm³/mol. The van der Waals surface area contributed by atoms with Gasteiger partial charge >= 0.3 is 0 Å². The van der Waals surface area contributed by atoms with Gasteiger partial charge in [-0.3, -0.25) is 14.5 Å². The van der Waals surface area contributed by atoms with Gasteiger partial charge in [-0.05, 0) is 12.1 Å². The van der Waals surface area contributed by atoms with Gasteiger partial charge in [0.25, 0.3) is 0 Å². The van der Waals surface area contributed by atoms with E-state index >= 15 is 0 Å². The van der Waals surface area contributed by atoms with Crippen LogP contribution in [0.5, 0.6) is 0 Å². The van der Waals surface area contributed by atoms with E-state index in [1.807, 2.05) is 4.90 Å². The van der Waals surface area contributed by atoms with Gasteiger partial charge in [0.15, 0.2) is 0 Å². The molecule has 0 bridgehead atoms. The summed E-state index contributed by atoms with van der Waals surface area (Å²) in [6.07, 6.45) is 1.63. The van der Waals surface area contributed by atoms with Crippen molar-refractivity contribution < 1.29 is 9.59 Å². The molecule has 2 heterocycles. The first-order valence-electron chi connectivity index (χ1n) is 6.44. The normalized spacial score (nSPS) is 16.0. The fourth-order valence-electron chi connectivity index (χ4n) is 2.08. The molecule has 108 valence electrons. The minimum atomic E-state index is -0.0909. The monoisotopic (exact) mass is 340 g/mol. The van der Waals surface area contributed by atoms with Crippen LogP contribution >= 0.6 is 15.9 Å². The molecule has 0 spiro atoms. The van der Waals surface area contributed by atoms with Crippen LogP contribution in [0, 0.1) is 0 Å². The SMILES string of the molecule is CC(=O)N1CCN(CC(=O)Nc2cc(Br)ccn2)CC1. The summed E-state index contributed by atoms with van der Waals surface area (Å²) in [7, 11) is 0. The van der Waals surface area contributed by atoms with Crippen molar-refractivity contribution in [2.24, 2.45) is 0 Å². The van der Waals surface area contributed by atoms with Gasteiger partial charge in [0.05, 0.1) is 6.54 Å². The molecule has 6 nitrogen and oxygen atoms in total. The number of aromatic nitrogens is 1. The van der Waals surface area contributed by atoms with E-state index in [4.69, 9.17) is 0 Å². The van der Waals surface area contributed by atoms with E-state index < -0.39 is 0 Å². The number of carbonyl (C=O) groups is 2. The summed E-state index contributed by atoms with van der Waals surface area (Å²) >= 11 is 3.33. The van der Waals surface area contributed by atoms with Crippen molar-refractivity contribution in [2.75, 3.05) is 38.0 Å². The van der Waals surface area contributed by atoms with E-state index in [-0.39, 0.29) is 11.8 Å². The first kappa shape index (κ1) is 14.9. The Balaban J connectivity index is 1.80. The number of halogens is 1. The topological polar surface area (TPSA) is 65.5 Å². The highest BCUT2D eigenvalue weighted by atomic mass is 79.9. The van der Waals surface area contributed by atoms with Crippen molar-refractivity contribution in [1.82, 2.24) is 14.8 Å². The van der Waals surface area contributed by atoms with Crippen molar-refractivity contribution in [3.63, 3.8) is 0 Å². The molecule has 1 aromatic rings. The molecule has 1 fully saturated rings. The lowest BCUT2D eigenvalue weighted by Crippen LogP contribution is -2.49. The zero-order valence-electron chi connectivity index (χ0n) is 11.3. The molecule has 2 rings (SSSR count). The lowest BCUT2D eigenvalue weighted by Gasteiger charge is -2.33. The van der Waals surface area contributed by atoms with Gasteiger partial charge in [-0.1, -0.05) is 15.9 Å². The van der Waals surface area contributed by atoms with Crippen LogP contribution in [0.3, 0.4) is 0 Å². The van der Waals surface area contributed by atoms with Crippen molar-refractivity contribution >= 4 is 33.6 Å². The minimum Gasteiger partial charge on any atom is -0.340 e. The summed E-state index contributed by atoms with van der Waals surface area (Å²) in [5.41, 5.74) is 0. The number of nitrogens with one attached hydrogen (secondary N) is 1. The van der Waals surface area contributed by atoms with Gasteiger partial charge in [0.2, 0.25) is 11.8 Å². The molecular weight excluding hydrogens is 324 g/mol. The van der Waals surface area contributed by atoms with Crippen molar-refractivity contribution in [3.05, 3.63) is 22.8 Å². The van der Waals surface area contributed by atoms with Crippen molar-refractivity contribution in [3.8, 4) is 0 Å². The zero-order valence-corrected chi connectivity index (χ0v) is 12.9. The largest absolute Gasteiger partial charge is 0.340 e. The maximum absolute atomic E-state index is 11.9. The van der Waals surface area contributed by atoms with E-state index in [1.165, 1.54) is 0 Å². The Kier molecular flexibility index (Phi) is 5.08. The fraction of sp³-hybridized carbons (Fsp3) is 0.462. The van der Waals surface area contributed by atoms with Crippen LogP contribution in [0.15, 0.2) is 22.8 Å². The molecule has 0 unspecified atom stereocenters. The number of hydrogen-bond acceptors (Lipinski definition) is 4. The van der Waals surface area contributed by atoms with Gasteiger partial charge in [-0.2, -0.15) is 0 Å². The number of hydrogen-bond donors (Lipinski definition) is 1. The second-order valence-corrected chi connectivity index (χ2v) is 5.61. The van der Waals surface area contributed by atoms with Gasteiger partial charge in [0, 0.05) is 43.8 Å². The molecule has 2 amide bonds. The standard InChI is InChI=1S/C13H17BrN4O2/c1-10(19)18-6-4-17(5-7-18)9-13(20)16-12-8-11(14)2-3-15-12/h2-3,8H,4-7,9H2,1H3,(H,15,16,20). The predicted octanol–water partition coefficient (Wildman–Crippen LogP) is 0.947. The molecule has 20 heavy (non-hydrogen) atoms. The average Bonchev–Trinajstić information content (AvgIpc) is 2.39. The minimum absolute atomic E-state index is 0.0902. The van der Waals surface area contributed by atoms with Crippen LogP contribution < -0.4 is 5.32 Å². The summed E-state index contributed by atoms with van der Waals surface area (Å²) in [4.78, 5) is 31.0. The molecule has 0 aliphatic carbocycles. The van der Waals surface area contributed by atoms with Gasteiger partial charge in [-0.15, -0.1) is 0 Å². The zero-order chi connectivity index (χ0) is 14.5. The molecule has 0 saturated carbocycles. The van der Waals surface area contributed by atoms with Crippen molar-refractivity contribution in [2.45, 2.75) is 6.92 Å². The number of rotatable bonds is 3. The molecule has 0 atom stereocenters. The highest BCUT2D eigenvalue weighted by molar-refractivity contribution is 9.10. The Hall–Kier alpha value is -1.47. The smallest absolute Gasteiger partial charge is 0.239 e. The first-order valence-corrected chi connectivity index (χ1v) is 7.23. The number of carbonyl (C=O) groups excluding carboxylic acids is 2.